The van der Waals surface area contributed by atoms with E-state index >= 15 is 0 Å². The largest absolute Gasteiger partial charge is 0.493 e. The summed E-state index contributed by atoms with van der Waals surface area (Å²) in [5.41, 5.74) is 2.09. The number of nitrogens with zero attached hydrogens (tertiary/aromatic N) is 2. The van der Waals surface area contributed by atoms with Crippen LogP contribution in [0.4, 0.5) is 10.8 Å². The lowest BCUT2D eigenvalue weighted by molar-refractivity contribution is -0.118. The number of carbonyl (C=O) groups excluding carboxylic acids is 2. The Labute approximate surface area is 183 Å². The van der Waals surface area contributed by atoms with Gasteiger partial charge in [-0.3, -0.25) is 9.59 Å². The molecule has 2 heterocycles. The Morgan fingerprint density at radius 1 is 1.16 bits per heavy atom. The summed E-state index contributed by atoms with van der Waals surface area (Å²) in [5.74, 6) is 0.436. The number of hydrogen-bond acceptors (Lipinski definition) is 8. The van der Waals surface area contributed by atoms with Crippen LogP contribution in [0.1, 0.15) is 17.3 Å². The molecule has 0 spiro atoms. The molecular weight excluding hydrogens is 418 g/mol. The fourth-order valence-electron chi connectivity index (χ4n) is 3.23. The number of fused-ring (bicyclic) bond motifs is 1. The number of ketones is 1. The summed E-state index contributed by atoms with van der Waals surface area (Å²) < 4.78 is 17.3. The van der Waals surface area contributed by atoms with Crippen molar-refractivity contribution >= 4 is 44.1 Å². The molecule has 1 aromatic heterocycles. The number of methoxy groups -OCH3 is 1. The molecule has 1 fully saturated rings. The Hall–Kier alpha value is -3.17. The quantitative estimate of drug-likeness (QED) is 0.562. The van der Waals surface area contributed by atoms with Gasteiger partial charge in [0.1, 0.15) is 0 Å². The number of hydrogen-bond donors (Lipinski definition) is 1. The van der Waals surface area contributed by atoms with Crippen LogP contribution in [0.25, 0.3) is 10.2 Å². The summed E-state index contributed by atoms with van der Waals surface area (Å²) >= 11 is 1.60. The molecule has 1 aliphatic rings. The third kappa shape index (κ3) is 4.95. The minimum atomic E-state index is -0.296. The lowest BCUT2D eigenvalue weighted by Gasteiger charge is -2.25. The second kappa shape index (κ2) is 9.32. The third-order valence-electron chi connectivity index (χ3n) is 4.87. The molecular formula is C22H23N3O5S. The molecule has 1 amide bonds. The van der Waals surface area contributed by atoms with Gasteiger partial charge in [0.15, 0.2) is 29.0 Å². The van der Waals surface area contributed by atoms with Gasteiger partial charge in [-0.25, -0.2) is 4.98 Å². The topological polar surface area (TPSA) is 90.0 Å². The van der Waals surface area contributed by atoms with Crippen LogP contribution in [0.2, 0.25) is 0 Å². The van der Waals surface area contributed by atoms with Gasteiger partial charge in [-0.2, -0.15) is 0 Å². The van der Waals surface area contributed by atoms with Crippen molar-refractivity contribution in [1.82, 2.24) is 4.98 Å². The molecule has 31 heavy (non-hydrogen) atoms. The van der Waals surface area contributed by atoms with E-state index in [1.807, 2.05) is 18.2 Å². The van der Waals surface area contributed by atoms with Crippen molar-refractivity contribution in [2.75, 3.05) is 50.2 Å². The predicted octanol–water partition coefficient (Wildman–Crippen LogP) is 3.36. The van der Waals surface area contributed by atoms with Crippen LogP contribution in [0.5, 0.6) is 11.5 Å². The highest BCUT2D eigenvalue weighted by Gasteiger charge is 2.16. The molecule has 1 aliphatic heterocycles. The molecule has 0 bridgehead atoms. The van der Waals surface area contributed by atoms with Gasteiger partial charge in [-0.1, -0.05) is 11.3 Å². The fraction of sp³-hybridized carbons (Fsp3) is 0.318. The number of benzene rings is 2. The Kier molecular flexibility index (Phi) is 6.34. The standard InChI is InChI=1S/C22H23N3O5S/c1-14(26)15-3-6-18(19(11-15)28-2)30-13-21(27)23-16-4-5-17-20(12-16)31-22(24-17)25-7-9-29-10-8-25/h3-6,11-12H,7-10,13H2,1-2H3,(H,23,27). The number of amides is 1. The first kappa shape index (κ1) is 21.1. The molecule has 162 valence electrons. The summed E-state index contributed by atoms with van der Waals surface area (Å²) in [4.78, 5) is 30.8. The van der Waals surface area contributed by atoms with Gasteiger partial charge in [0, 0.05) is 24.3 Å². The van der Waals surface area contributed by atoms with Crippen molar-refractivity contribution in [2.24, 2.45) is 0 Å². The SMILES string of the molecule is COc1cc(C(C)=O)ccc1OCC(=O)Nc1ccc2nc(N3CCOCC3)sc2c1. The third-order valence-corrected chi connectivity index (χ3v) is 5.95. The number of carbonyl (C=O) groups is 2. The predicted molar refractivity (Wildman–Crippen MR) is 120 cm³/mol. The van der Waals surface area contributed by atoms with Crippen molar-refractivity contribution in [3.63, 3.8) is 0 Å². The summed E-state index contributed by atoms with van der Waals surface area (Å²) in [7, 11) is 1.49. The van der Waals surface area contributed by atoms with Gasteiger partial charge in [-0.05, 0) is 43.3 Å². The van der Waals surface area contributed by atoms with Crippen molar-refractivity contribution in [3.8, 4) is 11.5 Å². The molecule has 0 atom stereocenters. The van der Waals surface area contributed by atoms with Gasteiger partial charge in [-0.15, -0.1) is 0 Å². The van der Waals surface area contributed by atoms with Gasteiger partial charge in [0.25, 0.3) is 5.91 Å². The molecule has 8 nitrogen and oxygen atoms in total. The van der Waals surface area contributed by atoms with E-state index in [0.717, 1.165) is 28.4 Å². The Bertz CT molecular complexity index is 1110. The van der Waals surface area contributed by atoms with E-state index < -0.39 is 0 Å². The number of nitrogens with one attached hydrogen (secondary N) is 1. The summed E-state index contributed by atoms with van der Waals surface area (Å²) in [6.45, 7) is 4.37. The lowest BCUT2D eigenvalue weighted by Crippen LogP contribution is -2.36. The Balaban J connectivity index is 1.39. The van der Waals surface area contributed by atoms with Gasteiger partial charge < -0.3 is 24.4 Å². The number of ether oxygens (including phenoxy) is 3. The zero-order valence-electron chi connectivity index (χ0n) is 17.3. The van der Waals surface area contributed by atoms with Crippen LogP contribution < -0.4 is 19.7 Å². The normalized spacial score (nSPS) is 13.8. The summed E-state index contributed by atoms with van der Waals surface area (Å²) in [6.07, 6.45) is 0. The van der Waals surface area contributed by atoms with Gasteiger partial charge in [0.2, 0.25) is 0 Å². The molecule has 0 unspecified atom stereocenters. The molecule has 3 aromatic rings. The monoisotopic (exact) mass is 441 g/mol. The maximum atomic E-state index is 12.4. The molecule has 4 rings (SSSR count). The molecule has 0 radical (unpaired) electrons. The van der Waals surface area contributed by atoms with Crippen molar-refractivity contribution in [1.29, 1.82) is 0 Å². The minimum Gasteiger partial charge on any atom is -0.493 e. The van der Waals surface area contributed by atoms with Gasteiger partial charge >= 0.3 is 0 Å². The number of morpholine rings is 1. The van der Waals surface area contributed by atoms with E-state index in [0.29, 0.717) is 36.0 Å². The molecule has 1 N–H and O–H groups in total. The first-order chi connectivity index (χ1) is 15.0. The zero-order chi connectivity index (χ0) is 21.8. The van der Waals surface area contributed by atoms with Crippen LogP contribution >= 0.6 is 11.3 Å². The molecule has 1 saturated heterocycles. The first-order valence-corrected chi connectivity index (χ1v) is 10.7. The van der Waals surface area contributed by atoms with E-state index in [4.69, 9.17) is 14.2 Å². The zero-order valence-corrected chi connectivity index (χ0v) is 18.2. The fourth-order valence-corrected chi connectivity index (χ4v) is 4.28. The maximum absolute atomic E-state index is 12.4. The Morgan fingerprint density at radius 2 is 1.97 bits per heavy atom. The van der Waals surface area contributed by atoms with Crippen LogP contribution in [0.3, 0.4) is 0 Å². The maximum Gasteiger partial charge on any atom is 0.262 e. The number of Topliss-reactive ketones (excluding diaryl/α,β-unsaturated/α-hetero) is 1. The second-order valence-electron chi connectivity index (χ2n) is 7.04. The van der Waals surface area contributed by atoms with E-state index in [1.165, 1.54) is 14.0 Å². The molecule has 2 aromatic carbocycles. The van der Waals surface area contributed by atoms with E-state index in [2.05, 4.69) is 15.2 Å². The van der Waals surface area contributed by atoms with Crippen LogP contribution in [-0.2, 0) is 9.53 Å². The van der Waals surface area contributed by atoms with Gasteiger partial charge in [0.05, 0.1) is 30.5 Å². The van der Waals surface area contributed by atoms with E-state index in [1.54, 1.807) is 29.5 Å². The second-order valence-corrected chi connectivity index (χ2v) is 8.05. The number of rotatable bonds is 7. The summed E-state index contributed by atoms with van der Waals surface area (Å²) in [6, 6.07) is 10.5. The van der Waals surface area contributed by atoms with Crippen LogP contribution in [-0.4, -0.2) is 56.7 Å². The number of thiazole rings is 1. The van der Waals surface area contributed by atoms with E-state index in [-0.39, 0.29) is 18.3 Å². The molecule has 9 heteroatoms. The lowest BCUT2D eigenvalue weighted by atomic mass is 10.1. The smallest absolute Gasteiger partial charge is 0.262 e. The highest BCUT2D eigenvalue weighted by Crippen LogP contribution is 2.31. The van der Waals surface area contributed by atoms with Crippen LogP contribution in [0, 0.1) is 0 Å². The van der Waals surface area contributed by atoms with Crippen LogP contribution in [0.15, 0.2) is 36.4 Å². The Morgan fingerprint density at radius 3 is 2.71 bits per heavy atom. The molecule has 0 aliphatic carbocycles. The highest BCUT2D eigenvalue weighted by molar-refractivity contribution is 7.22. The van der Waals surface area contributed by atoms with Crippen molar-refractivity contribution < 1.29 is 23.8 Å². The summed E-state index contributed by atoms with van der Waals surface area (Å²) in [5, 5.41) is 3.81. The van der Waals surface area contributed by atoms with Crippen molar-refractivity contribution in [2.45, 2.75) is 6.92 Å². The molecule has 0 saturated carbocycles. The average Bonchev–Trinajstić information content (AvgIpc) is 3.21. The van der Waals surface area contributed by atoms with E-state index in [9.17, 15) is 9.59 Å². The minimum absolute atomic E-state index is 0.0715. The number of anilines is 2. The first-order valence-electron chi connectivity index (χ1n) is 9.88. The van der Waals surface area contributed by atoms with Crippen molar-refractivity contribution in [3.05, 3.63) is 42.0 Å². The number of aromatic nitrogens is 1. The average molecular weight is 442 g/mol. The highest BCUT2D eigenvalue weighted by atomic mass is 32.1.